The Balaban J connectivity index is 2.05. The number of ketones is 2. The lowest BCUT2D eigenvalue weighted by Gasteiger charge is -2.54. The van der Waals surface area contributed by atoms with Gasteiger partial charge in [0, 0.05) is 42.3 Å². The Bertz CT molecular complexity index is 1210. The minimum atomic E-state index is -2.57. The Kier molecular flexibility index (Phi) is 5.23. The van der Waals surface area contributed by atoms with Crippen LogP contribution in [0.2, 0.25) is 0 Å². The predicted molar refractivity (Wildman–Crippen MR) is 126 cm³/mol. The highest BCUT2D eigenvalue weighted by Gasteiger charge is 2.66. The first-order chi connectivity index (χ1) is 15.7. The van der Waals surface area contributed by atoms with Gasteiger partial charge in [-0.25, -0.2) is 0 Å². The second-order valence-corrected chi connectivity index (χ2v) is 10.4. The van der Waals surface area contributed by atoms with Gasteiger partial charge < -0.3 is 26.0 Å². The first kappa shape index (κ1) is 24.0. The summed E-state index contributed by atoms with van der Waals surface area (Å²) in [6, 6.07) is 2.74. The number of nitrogens with zero attached hydrogens (tertiary/aromatic N) is 2. The third-order valence-corrected chi connectivity index (χ3v) is 7.70. The van der Waals surface area contributed by atoms with Gasteiger partial charge in [-0.15, -0.1) is 0 Å². The van der Waals surface area contributed by atoms with Crippen molar-refractivity contribution in [2.45, 2.75) is 38.3 Å². The van der Waals surface area contributed by atoms with Crippen LogP contribution in [0, 0.1) is 18.3 Å². The molecule has 3 aliphatic rings. The van der Waals surface area contributed by atoms with Crippen LogP contribution in [0.15, 0.2) is 29.0 Å². The van der Waals surface area contributed by atoms with Crippen LogP contribution >= 0.6 is 0 Å². The van der Waals surface area contributed by atoms with Crippen LogP contribution in [0.25, 0.3) is 5.76 Å². The number of fused-ring (bicyclic) bond motifs is 3. The molecule has 1 aromatic carbocycles. The summed E-state index contributed by atoms with van der Waals surface area (Å²) >= 11 is 0. The minimum absolute atomic E-state index is 0.0139. The Hall–Kier alpha value is -3.17. The van der Waals surface area contributed by atoms with Crippen LogP contribution in [0.5, 0.6) is 0 Å². The molecule has 0 bridgehead atoms. The number of primary amides is 1. The highest BCUT2D eigenvalue weighted by molar-refractivity contribution is 6.24. The van der Waals surface area contributed by atoms with Gasteiger partial charge in [-0.3, -0.25) is 19.3 Å². The first-order valence-corrected chi connectivity index (χ1v) is 11.1. The SMILES string of the molecule is Cc1ccc(N(C)C)c2c1C(O)=C1C(=O)[C@]3(O)C(O)=C(C(N)=O)C(=O)[C@@H](N(C)C)[C@@H]3C[C@]1(C)C2. The molecule has 0 aliphatic heterocycles. The van der Waals surface area contributed by atoms with Gasteiger partial charge in [-0.05, 0) is 51.1 Å². The Morgan fingerprint density at radius 2 is 1.76 bits per heavy atom. The van der Waals surface area contributed by atoms with E-state index in [0.29, 0.717) is 12.0 Å². The van der Waals surface area contributed by atoms with Crippen LogP contribution in [0.1, 0.15) is 30.0 Å². The average Bonchev–Trinajstić information content (AvgIpc) is 2.69. The molecule has 4 atom stereocenters. The van der Waals surface area contributed by atoms with E-state index in [2.05, 4.69) is 0 Å². The highest BCUT2D eigenvalue weighted by atomic mass is 16.3. The largest absolute Gasteiger partial charge is 0.508 e. The zero-order valence-electron chi connectivity index (χ0n) is 20.3. The summed E-state index contributed by atoms with van der Waals surface area (Å²) < 4.78 is 0. The van der Waals surface area contributed by atoms with Gasteiger partial charge >= 0.3 is 0 Å². The molecule has 0 saturated heterocycles. The van der Waals surface area contributed by atoms with Crippen molar-refractivity contribution in [3.8, 4) is 0 Å². The molecule has 1 saturated carbocycles. The molecule has 5 N–H and O–H groups in total. The number of benzene rings is 1. The molecule has 0 spiro atoms. The van der Waals surface area contributed by atoms with Crippen LogP contribution < -0.4 is 10.6 Å². The number of amides is 1. The number of carbonyl (C=O) groups is 3. The van der Waals surface area contributed by atoms with Gasteiger partial charge in [0.1, 0.15) is 17.1 Å². The summed E-state index contributed by atoms with van der Waals surface area (Å²) in [6.45, 7) is 3.65. The van der Waals surface area contributed by atoms with Crippen molar-refractivity contribution in [2.75, 3.05) is 33.1 Å². The number of hydrogen-bond donors (Lipinski definition) is 4. The number of aryl methyl sites for hydroxylation is 1. The summed E-state index contributed by atoms with van der Waals surface area (Å²) in [5.41, 5.74) is 4.11. The monoisotopic (exact) mass is 469 g/mol. The normalized spacial score (nSPS) is 30.8. The second kappa shape index (κ2) is 7.41. The highest BCUT2D eigenvalue weighted by Crippen LogP contribution is 2.58. The number of carbonyl (C=O) groups excluding carboxylic acids is 3. The van der Waals surface area contributed by atoms with Crippen molar-refractivity contribution in [1.29, 1.82) is 0 Å². The van der Waals surface area contributed by atoms with Gasteiger partial charge in [-0.2, -0.15) is 0 Å². The van der Waals surface area contributed by atoms with Crippen LogP contribution in [-0.4, -0.2) is 77.5 Å². The van der Waals surface area contributed by atoms with Crippen molar-refractivity contribution >= 4 is 28.9 Å². The molecule has 9 nitrogen and oxygen atoms in total. The fourth-order valence-corrected chi connectivity index (χ4v) is 6.21. The third kappa shape index (κ3) is 2.89. The number of nitrogens with two attached hydrogens (primary N) is 1. The quantitative estimate of drug-likeness (QED) is 0.481. The molecule has 9 heteroatoms. The van der Waals surface area contributed by atoms with Gasteiger partial charge in [0.2, 0.25) is 5.78 Å². The molecule has 0 aromatic heterocycles. The van der Waals surface area contributed by atoms with Crippen molar-refractivity contribution in [1.82, 2.24) is 4.90 Å². The van der Waals surface area contributed by atoms with Crippen LogP contribution in [0.3, 0.4) is 0 Å². The smallest absolute Gasteiger partial charge is 0.255 e. The van der Waals surface area contributed by atoms with E-state index in [0.717, 1.165) is 16.8 Å². The standard InChI is InChI=1S/C25H31N3O6/c1-11-7-8-14(27(3)4)12-9-24(2)10-13-18(28(5)6)20(30)16(23(26)33)21(31)25(13,34)22(32)17(24)19(29)15(11)12/h7-8,13,18,29,31,34H,9-10H2,1-6H3,(H2,26,33)/t13-,18-,24-,25+/m0/s1. The van der Waals surface area contributed by atoms with E-state index in [1.165, 1.54) is 4.90 Å². The molecular formula is C25H31N3O6. The maximum Gasteiger partial charge on any atom is 0.255 e. The summed E-state index contributed by atoms with van der Waals surface area (Å²) in [7, 11) is 6.99. The van der Waals surface area contributed by atoms with E-state index in [-0.39, 0.29) is 17.8 Å². The number of anilines is 1. The van der Waals surface area contributed by atoms with Crippen molar-refractivity contribution in [3.63, 3.8) is 0 Å². The Morgan fingerprint density at radius 1 is 1.15 bits per heavy atom. The molecule has 0 radical (unpaired) electrons. The molecule has 1 aromatic rings. The number of Topliss-reactive ketones (excluding diaryl/α,β-unsaturated/α-hetero) is 2. The zero-order valence-corrected chi connectivity index (χ0v) is 20.3. The summed E-state index contributed by atoms with van der Waals surface area (Å²) in [6.07, 6.45) is 0.496. The van der Waals surface area contributed by atoms with E-state index >= 15 is 0 Å². The van der Waals surface area contributed by atoms with E-state index in [1.807, 2.05) is 45.0 Å². The summed E-state index contributed by atoms with van der Waals surface area (Å²) in [5, 5.41) is 34.1. The summed E-state index contributed by atoms with van der Waals surface area (Å²) in [5.74, 6) is -5.22. The molecule has 182 valence electrons. The van der Waals surface area contributed by atoms with E-state index in [4.69, 9.17) is 5.73 Å². The number of hydrogen-bond acceptors (Lipinski definition) is 8. The summed E-state index contributed by atoms with van der Waals surface area (Å²) in [4.78, 5) is 42.7. The van der Waals surface area contributed by atoms with Gasteiger partial charge in [0.25, 0.3) is 5.91 Å². The molecule has 4 rings (SSSR count). The lowest BCUT2D eigenvalue weighted by Crippen LogP contribution is -2.67. The van der Waals surface area contributed by atoms with Crippen LogP contribution in [0.4, 0.5) is 5.69 Å². The van der Waals surface area contributed by atoms with E-state index in [9.17, 15) is 29.7 Å². The topological polar surface area (TPSA) is 144 Å². The van der Waals surface area contributed by atoms with Crippen molar-refractivity contribution < 1.29 is 29.7 Å². The Morgan fingerprint density at radius 3 is 2.29 bits per heavy atom. The number of likely N-dealkylation sites (N-methyl/N-ethyl adjacent to an activating group) is 1. The fourth-order valence-electron chi connectivity index (χ4n) is 6.21. The van der Waals surface area contributed by atoms with Gasteiger partial charge in [-0.1, -0.05) is 13.0 Å². The predicted octanol–water partition coefficient (Wildman–Crippen LogP) is 1.02. The third-order valence-electron chi connectivity index (χ3n) is 7.70. The maximum absolute atomic E-state index is 14.0. The molecule has 0 heterocycles. The van der Waals surface area contributed by atoms with Crippen molar-refractivity contribution in [2.24, 2.45) is 17.1 Å². The van der Waals surface area contributed by atoms with Gasteiger partial charge in [0.05, 0.1) is 6.04 Å². The molecule has 34 heavy (non-hydrogen) atoms. The minimum Gasteiger partial charge on any atom is -0.508 e. The molecule has 3 aliphatic carbocycles. The number of aliphatic hydroxyl groups is 3. The molecule has 0 unspecified atom stereocenters. The molecule has 1 fully saturated rings. The lowest BCUT2D eigenvalue weighted by atomic mass is 9.52. The second-order valence-electron chi connectivity index (χ2n) is 10.4. The van der Waals surface area contributed by atoms with E-state index in [1.54, 1.807) is 14.1 Å². The fraction of sp³-hybridized carbons (Fsp3) is 0.480. The zero-order chi connectivity index (χ0) is 25.5. The Labute approximate surface area is 198 Å². The van der Waals surface area contributed by atoms with E-state index < -0.39 is 51.8 Å². The lowest BCUT2D eigenvalue weighted by molar-refractivity contribution is -0.156. The van der Waals surface area contributed by atoms with Crippen molar-refractivity contribution in [3.05, 3.63) is 45.7 Å². The first-order valence-electron chi connectivity index (χ1n) is 11.1. The number of aliphatic hydroxyl groups excluding tert-OH is 2. The molecule has 1 amide bonds. The number of rotatable bonds is 3. The molecular weight excluding hydrogens is 438 g/mol. The van der Waals surface area contributed by atoms with Gasteiger partial charge in [0.15, 0.2) is 11.4 Å². The van der Waals surface area contributed by atoms with Crippen LogP contribution in [-0.2, 0) is 20.8 Å². The maximum atomic E-state index is 14.0. The average molecular weight is 470 g/mol.